The van der Waals surface area contributed by atoms with Crippen molar-refractivity contribution in [1.82, 2.24) is 0 Å². The van der Waals surface area contributed by atoms with Crippen LogP contribution < -0.4 is 13.8 Å². The molecule has 0 N–H and O–H groups in total. The van der Waals surface area contributed by atoms with Gasteiger partial charge in [-0.15, -0.1) is 0 Å². The quantitative estimate of drug-likeness (QED) is 0.834. The predicted molar refractivity (Wildman–Crippen MR) is 94.3 cm³/mol. The van der Waals surface area contributed by atoms with Gasteiger partial charge in [-0.3, -0.25) is 4.31 Å². The number of sulfonamides is 1. The maximum absolute atomic E-state index is 13.0. The van der Waals surface area contributed by atoms with E-state index in [1.807, 2.05) is 30.3 Å². The van der Waals surface area contributed by atoms with Gasteiger partial charge in [-0.1, -0.05) is 30.3 Å². The van der Waals surface area contributed by atoms with E-state index in [9.17, 15) is 8.42 Å². The molecule has 24 heavy (non-hydrogen) atoms. The van der Waals surface area contributed by atoms with Gasteiger partial charge in [0.1, 0.15) is 11.5 Å². The third-order valence-electron chi connectivity index (χ3n) is 4.20. The Kier molecular flexibility index (Phi) is 4.66. The molecule has 2 aromatic rings. The van der Waals surface area contributed by atoms with Gasteiger partial charge >= 0.3 is 0 Å². The Labute approximate surface area is 142 Å². The summed E-state index contributed by atoms with van der Waals surface area (Å²) in [4.78, 5) is 0. The van der Waals surface area contributed by atoms with E-state index in [0.29, 0.717) is 23.7 Å². The predicted octanol–water partition coefficient (Wildman–Crippen LogP) is 2.99. The number of nitrogens with zero attached hydrogens (tertiary/aromatic N) is 1. The van der Waals surface area contributed by atoms with Crippen molar-refractivity contribution in [2.45, 2.75) is 18.6 Å². The molecule has 5 nitrogen and oxygen atoms in total. The number of hydrogen-bond acceptors (Lipinski definition) is 4. The van der Waals surface area contributed by atoms with E-state index in [-0.39, 0.29) is 5.75 Å². The van der Waals surface area contributed by atoms with Crippen LogP contribution in [0.2, 0.25) is 0 Å². The van der Waals surface area contributed by atoms with Crippen LogP contribution in [0.25, 0.3) is 0 Å². The summed E-state index contributed by atoms with van der Waals surface area (Å²) >= 11 is 0. The monoisotopic (exact) mass is 347 g/mol. The van der Waals surface area contributed by atoms with E-state index < -0.39 is 10.0 Å². The fourth-order valence-corrected chi connectivity index (χ4v) is 4.69. The van der Waals surface area contributed by atoms with E-state index in [0.717, 1.165) is 24.0 Å². The normalized spacial score (nSPS) is 14.2. The molecule has 1 aliphatic heterocycles. The zero-order valence-corrected chi connectivity index (χ0v) is 14.7. The summed E-state index contributed by atoms with van der Waals surface area (Å²) in [5, 5.41) is 0. The molecule has 3 rings (SSSR count). The molecule has 6 heteroatoms. The lowest BCUT2D eigenvalue weighted by atomic mass is 10.0. The van der Waals surface area contributed by atoms with Crippen molar-refractivity contribution >= 4 is 15.7 Å². The van der Waals surface area contributed by atoms with Gasteiger partial charge in [0.15, 0.2) is 0 Å². The lowest BCUT2D eigenvalue weighted by Crippen LogP contribution is -2.36. The first-order chi connectivity index (χ1) is 11.5. The van der Waals surface area contributed by atoms with Gasteiger partial charge in [0.05, 0.1) is 25.7 Å². The Morgan fingerprint density at radius 3 is 2.50 bits per heavy atom. The van der Waals surface area contributed by atoms with Crippen LogP contribution in [0.15, 0.2) is 42.5 Å². The van der Waals surface area contributed by atoms with Gasteiger partial charge in [-0.2, -0.15) is 0 Å². The third-order valence-corrected chi connectivity index (χ3v) is 5.95. The molecule has 0 atom stereocenters. The Bertz CT molecular complexity index is 818. The first-order valence-electron chi connectivity index (χ1n) is 7.84. The van der Waals surface area contributed by atoms with Gasteiger partial charge in [-0.25, -0.2) is 8.42 Å². The van der Waals surface area contributed by atoms with Gasteiger partial charge in [-0.05, 0) is 18.4 Å². The molecule has 1 heterocycles. The van der Waals surface area contributed by atoms with Crippen molar-refractivity contribution in [3.63, 3.8) is 0 Å². The van der Waals surface area contributed by atoms with Crippen molar-refractivity contribution in [1.29, 1.82) is 0 Å². The molecular weight excluding hydrogens is 326 g/mol. The highest BCUT2D eigenvalue weighted by molar-refractivity contribution is 7.92. The molecule has 0 bridgehead atoms. The maximum Gasteiger partial charge on any atom is 0.239 e. The van der Waals surface area contributed by atoms with Crippen molar-refractivity contribution < 1.29 is 17.9 Å². The minimum Gasteiger partial charge on any atom is -0.497 e. The van der Waals surface area contributed by atoms with Crippen LogP contribution in [0, 0.1) is 0 Å². The Balaban J connectivity index is 2.02. The summed E-state index contributed by atoms with van der Waals surface area (Å²) in [7, 11) is -0.325. The molecule has 0 saturated heterocycles. The van der Waals surface area contributed by atoms with Crippen LogP contribution in [0.3, 0.4) is 0 Å². The first-order valence-corrected chi connectivity index (χ1v) is 9.45. The number of benzene rings is 2. The Morgan fingerprint density at radius 2 is 1.83 bits per heavy atom. The van der Waals surface area contributed by atoms with Crippen LogP contribution in [0.4, 0.5) is 5.69 Å². The highest BCUT2D eigenvalue weighted by Crippen LogP contribution is 2.39. The average Bonchev–Trinajstić information content (AvgIpc) is 2.60. The molecule has 0 aromatic heterocycles. The molecule has 0 amide bonds. The van der Waals surface area contributed by atoms with Gasteiger partial charge in [0, 0.05) is 24.2 Å². The highest BCUT2D eigenvalue weighted by Gasteiger charge is 2.30. The average molecular weight is 347 g/mol. The highest BCUT2D eigenvalue weighted by atomic mass is 32.2. The topological polar surface area (TPSA) is 55.8 Å². The van der Waals surface area contributed by atoms with Crippen LogP contribution >= 0.6 is 0 Å². The van der Waals surface area contributed by atoms with Crippen molar-refractivity contribution in [2.75, 3.05) is 25.1 Å². The molecule has 0 fully saturated rings. The minimum atomic E-state index is -3.48. The second kappa shape index (κ2) is 6.73. The standard InChI is InChI=1S/C18H21NO4S/c1-22-15-11-17-16(18(12-15)23-2)9-6-10-19(17)24(20,21)13-14-7-4-3-5-8-14/h3-5,7-8,11-12H,6,9-10,13H2,1-2H3. The van der Waals surface area contributed by atoms with Crippen molar-refractivity contribution in [3.05, 3.63) is 53.6 Å². The second-order valence-electron chi connectivity index (χ2n) is 5.74. The van der Waals surface area contributed by atoms with E-state index in [1.165, 1.54) is 4.31 Å². The van der Waals surface area contributed by atoms with Gasteiger partial charge in [0.25, 0.3) is 0 Å². The van der Waals surface area contributed by atoms with Gasteiger partial charge < -0.3 is 9.47 Å². The minimum absolute atomic E-state index is 0.0210. The zero-order chi connectivity index (χ0) is 17.2. The largest absolute Gasteiger partial charge is 0.497 e. The Hall–Kier alpha value is -2.21. The smallest absolute Gasteiger partial charge is 0.239 e. The van der Waals surface area contributed by atoms with E-state index in [2.05, 4.69) is 0 Å². The second-order valence-corrected chi connectivity index (χ2v) is 7.64. The number of ether oxygens (including phenoxy) is 2. The molecule has 0 aliphatic carbocycles. The molecule has 0 saturated carbocycles. The van der Waals surface area contributed by atoms with Crippen LogP contribution in [-0.2, 0) is 22.2 Å². The maximum atomic E-state index is 13.0. The number of methoxy groups -OCH3 is 2. The van der Waals surface area contributed by atoms with Gasteiger partial charge in [0.2, 0.25) is 10.0 Å². The fourth-order valence-electron chi connectivity index (χ4n) is 3.05. The summed E-state index contributed by atoms with van der Waals surface area (Å²) in [6.45, 7) is 0.471. The Morgan fingerprint density at radius 1 is 1.08 bits per heavy atom. The lowest BCUT2D eigenvalue weighted by molar-refractivity contribution is 0.390. The van der Waals surface area contributed by atoms with Crippen LogP contribution in [0.1, 0.15) is 17.5 Å². The van der Waals surface area contributed by atoms with Crippen molar-refractivity contribution in [2.24, 2.45) is 0 Å². The molecule has 0 radical (unpaired) electrons. The summed E-state index contributed by atoms with van der Waals surface area (Å²) in [6, 6.07) is 12.8. The van der Waals surface area contributed by atoms with Crippen LogP contribution in [-0.4, -0.2) is 29.2 Å². The lowest BCUT2D eigenvalue weighted by Gasteiger charge is -2.31. The molecule has 2 aromatic carbocycles. The van der Waals surface area contributed by atoms with Crippen LogP contribution in [0.5, 0.6) is 11.5 Å². The number of anilines is 1. The number of rotatable bonds is 5. The molecule has 0 spiro atoms. The molecular formula is C18H21NO4S. The summed E-state index contributed by atoms with van der Waals surface area (Å²) in [5.74, 6) is 1.24. The number of hydrogen-bond donors (Lipinski definition) is 0. The third kappa shape index (κ3) is 3.19. The summed E-state index contributed by atoms with van der Waals surface area (Å²) < 4.78 is 38.1. The zero-order valence-electron chi connectivity index (χ0n) is 13.9. The first kappa shape index (κ1) is 16.6. The van der Waals surface area contributed by atoms with E-state index in [1.54, 1.807) is 26.4 Å². The summed E-state index contributed by atoms with van der Waals surface area (Å²) in [6.07, 6.45) is 1.56. The number of fused-ring (bicyclic) bond motifs is 1. The molecule has 128 valence electrons. The SMILES string of the molecule is COc1cc(OC)c2c(c1)N(S(=O)(=O)Cc1ccccc1)CCC2. The fraction of sp³-hybridized carbons (Fsp3) is 0.333. The molecule has 0 unspecified atom stereocenters. The van der Waals surface area contributed by atoms with E-state index >= 15 is 0 Å². The van der Waals surface area contributed by atoms with Crippen molar-refractivity contribution in [3.8, 4) is 11.5 Å². The van der Waals surface area contributed by atoms with E-state index in [4.69, 9.17) is 9.47 Å². The summed E-state index contributed by atoms with van der Waals surface area (Å²) in [5.41, 5.74) is 2.36. The molecule has 1 aliphatic rings.